The number of carboxylic acids is 1. The number of rotatable bonds is 5. The lowest BCUT2D eigenvalue weighted by atomic mass is 9.93. The van der Waals surface area contributed by atoms with Gasteiger partial charge in [0.05, 0.1) is 28.0 Å². The molecule has 0 aliphatic carbocycles. The summed E-state index contributed by atoms with van der Waals surface area (Å²) in [4.78, 5) is 16.7. The summed E-state index contributed by atoms with van der Waals surface area (Å²) in [7, 11) is 0. The van der Waals surface area contributed by atoms with Crippen molar-refractivity contribution in [2.24, 2.45) is 0 Å². The minimum atomic E-state index is -0.835. The van der Waals surface area contributed by atoms with E-state index in [4.69, 9.17) is 4.98 Å². The second-order valence-electron chi connectivity index (χ2n) is 8.74. The second-order valence-corrected chi connectivity index (χ2v) is 9.74. The fraction of sp³-hybridized carbons (Fsp3) is 0.179. The highest BCUT2D eigenvalue weighted by Gasteiger charge is 2.19. The number of aryl methyl sites for hydroxylation is 4. The fourth-order valence-corrected chi connectivity index (χ4v) is 5.56. The van der Waals surface area contributed by atoms with E-state index in [1.54, 1.807) is 11.3 Å². The number of hydrogen-bond acceptors (Lipinski definition) is 4. The van der Waals surface area contributed by atoms with Gasteiger partial charge in [-0.25, -0.2) is 9.67 Å². The number of benzene rings is 3. The summed E-state index contributed by atoms with van der Waals surface area (Å²) in [6, 6.07) is 20.6. The smallest absolute Gasteiger partial charge is 0.307 e. The largest absolute Gasteiger partial charge is 0.481 e. The number of nitrogens with zero attached hydrogens (tertiary/aromatic N) is 3. The summed E-state index contributed by atoms with van der Waals surface area (Å²) in [5.41, 5.74) is 9.88. The van der Waals surface area contributed by atoms with Crippen LogP contribution < -0.4 is 0 Å². The van der Waals surface area contributed by atoms with E-state index in [0.717, 1.165) is 60.1 Å². The number of carbonyl (C=O) groups is 1. The maximum Gasteiger partial charge on any atom is 0.307 e. The SMILES string of the molecule is Cc1ccc(-c2c(CC(=O)O)c(C)cc3nc(-c4cccc(-n5nc(C)cc5C)c4)sc23)cc1. The molecule has 0 radical (unpaired) electrons. The van der Waals surface area contributed by atoms with Gasteiger partial charge in [0.25, 0.3) is 0 Å². The van der Waals surface area contributed by atoms with E-state index in [1.807, 2.05) is 50.6 Å². The van der Waals surface area contributed by atoms with E-state index < -0.39 is 5.97 Å². The van der Waals surface area contributed by atoms with Crippen molar-refractivity contribution in [1.82, 2.24) is 14.8 Å². The number of aromatic nitrogens is 3. The van der Waals surface area contributed by atoms with Crippen LogP contribution in [-0.4, -0.2) is 25.8 Å². The van der Waals surface area contributed by atoms with Crippen LogP contribution in [0.4, 0.5) is 0 Å². The second kappa shape index (κ2) is 8.54. The summed E-state index contributed by atoms with van der Waals surface area (Å²) in [6.07, 6.45) is -0.0222. The molecule has 34 heavy (non-hydrogen) atoms. The molecule has 0 saturated carbocycles. The predicted octanol–water partition coefficient (Wildman–Crippen LogP) is 6.68. The van der Waals surface area contributed by atoms with Crippen LogP contribution in [0.5, 0.6) is 0 Å². The van der Waals surface area contributed by atoms with Crippen molar-refractivity contribution in [3.8, 4) is 27.4 Å². The van der Waals surface area contributed by atoms with Crippen LogP contribution in [0.15, 0.2) is 60.7 Å². The van der Waals surface area contributed by atoms with Gasteiger partial charge in [0.2, 0.25) is 0 Å². The molecule has 0 bridgehead atoms. The van der Waals surface area contributed by atoms with Crippen LogP contribution in [-0.2, 0) is 11.2 Å². The quantitative estimate of drug-likeness (QED) is 0.313. The summed E-state index contributed by atoms with van der Waals surface area (Å²) in [5.74, 6) is -0.835. The molecule has 1 N–H and O–H groups in total. The van der Waals surface area contributed by atoms with E-state index >= 15 is 0 Å². The number of aliphatic carboxylic acids is 1. The molecule has 0 amide bonds. The van der Waals surface area contributed by atoms with Gasteiger partial charge < -0.3 is 5.11 Å². The molecule has 5 aromatic rings. The van der Waals surface area contributed by atoms with Gasteiger partial charge in [-0.3, -0.25) is 4.79 Å². The number of fused-ring (bicyclic) bond motifs is 1. The van der Waals surface area contributed by atoms with E-state index in [1.165, 1.54) is 5.56 Å². The van der Waals surface area contributed by atoms with E-state index in [-0.39, 0.29) is 6.42 Å². The molecule has 0 aliphatic rings. The first-order valence-electron chi connectivity index (χ1n) is 11.2. The zero-order valence-corrected chi connectivity index (χ0v) is 20.4. The molecule has 0 fully saturated rings. The van der Waals surface area contributed by atoms with E-state index in [0.29, 0.717) is 0 Å². The van der Waals surface area contributed by atoms with Gasteiger partial charge >= 0.3 is 5.97 Å². The third-order valence-electron chi connectivity index (χ3n) is 6.03. The highest BCUT2D eigenvalue weighted by Crippen LogP contribution is 2.41. The Morgan fingerprint density at radius 2 is 1.74 bits per heavy atom. The monoisotopic (exact) mass is 467 g/mol. The molecule has 2 heterocycles. The van der Waals surface area contributed by atoms with Crippen LogP contribution in [0, 0.1) is 27.7 Å². The normalized spacial score (nSPS) is 11.3. The molecular weight excluding hydrogens is 442 g/mol. The number of hydrogen-bond donors (Lipinski definition) is 1. The first-order chi connectivity index (χ1) is 16.3. The van der Waals surface area contributed by atoms with Crippen molar-refractivity contribution in [2.75, 3.05) is 0 Å². The van der Waals surface area contributed by atoms with Gasteiger partial charge in [-0.1, -0.05) is 42.0 Å². The van der Waals surface area contributed by atoms with Crippen molar-refractivity contribution >= 4 is 27.5 Å². The highest BCUT2D eigenvalue weighted by atomic mass is 32.1. The van der Waals surface area contributed by atoms with Crippen LogP contribution >= 0.6 is 11.3 Å². The molecular formula is C28H25N3O2S. The molecule has 5 rings (SSSR count). The standard InChI is InChI=1S/C28H25N3O2S/c1-16-8-10-20(11-9-16)26-23(15-25(32)33)17(2)12-24-27(26)34-28(29-24)21-6-5-7-22(14-21)31-19(4)13-18(3)30-31/h5-14H,15H2,1-4H3,(H,32,33). The Kier molecular flexibility index (Phi) is 5.54. The van der Waals surface area contributed by atoms with Crippen molar-refractivity contribution in [2.45, 2.75) is 34.1 Å². The van der Waals surface area contributed by atoms with E-state index in [9.17, 15) is 9.90 Å². The zero-order valence-electron chi connectivity index (χ0n) is 19.6. The molecule has 170 valence electrons. The van der Waals surface area contributed by atoms with Crippen molar-refractivity contribution < 1.29 is 9.90 Å². The first-order valence-corrected chi connectivity index (χ1v) is 12.0. The molecule has 6 heteroatoms. The first kappa shape index (κ1) is 22.0. The Balaban J connectivity index is 1.70. The number of carboxylic acid groups (broad SMARTS) is 1. The Hall–Kier alpha value is -3.77. The molecule has 3 aromatic carbocycles. The lowest BCUT2D eigenvalue weighted by molar-refractivity contribution is -0.136. The van der Waals surface area contributed by atoms with Gasteiger partial charge in [0.1, 0.15) is 5.01 Å². The average Bonchev–Trinajstić information content (AvgIpc) is 3.37. The third kappa shape index (κ3) is 4.01. The van der Waals surface area contributed by atoms with Crippen molar-refractivity contribution in [1.29, 1.82) is 0 Å². The molecule has 5 nitrogen and oxygen atoms in total. The topological polar surface area (TPSA) is 68.0 Å². The Labute approximate surface area is 202 Å². The zero-order chi connectivity index (χ0) is 24.0. The molecule has 0 atom stereocenters. The molecule has 0 aliphatic heterocycles. The maximum atomic E-state index is 11.7. The highest BCUT2D eigenvalue weighted by molar-refractivity contribution is 7.22. The average molecular weight is 468 g/mol. The Morgan fingerprint density at radius 3 is 2.41 bits per heavy atom. The Morgan fingerprint density at radius 1 is 0.971 bits per heavy atom. The number of thiazole rings is 1. The predicted molar refractivity (Wildman–Crippen MR) is 138 cm³/mol. The van der Waals surface area contributed by atoms with Gasteiger partial charge in [0, 0.05) is 16.8 Å². The van der Waals surface area contributed by atoms with Gasteiger partial charge in [-0.2, -0.15) is 5.10 Å². The molecule has 2 aromatic heterocycles. The summed E-state index contributed by atoms with van der Waals surface area (Å²) < 4.78 is 2.95. The lowest BCUT2D eigenvalue weighted by Gasteiger charge is -2.13. The summed E-state index contributed by atoms with van der Waals surface area (Å²) in [6.45, 7) is 8.06. The van der Waals surface area contributed by atoms with Crippen LogP contribution in [0.1, 0.15) is 28.1 Å². The minimum absolute atomic E-state index is 0.0222. The van der Waals surface area contributed by atoms with Gasteiger partial charge in [0.15, 0.2) is 0 Å². The lowest BCUT2D eigenvalue weighted by Crippen LogP contribution is -2.04. The van der Waals surface area contributed by atoms with Crippen LogP contribution in [0.2, 0.25) is 0 Å². The van der Waals surface area contributed by atoms with Gasteiger partial charge in [-0.15, -0.1) is 11.3 Å². The Bertz CT molecular complexity index is 1540. The molecule has 0 unspecified atom stereocenters. The van der Waals surface area contributed by atoms with Crippen LogP contribution in [0.3, 0.4) is 0 Å². The van der Waals surface area contributed by atoms with Crippen LogP contribution in [0.25, 0.3) is 37.6 Å². The third-order valence-corrected chi connectivity index (χ3v) is 7.16. The fourth-order valence-electron chi connectivity index (χ4n) is 4.42. The van der Waals surface area contributed by atoms with E-state index in [2.05, 4.69) is 47.6 Å². The maximum absolute atomic E-state index is 11.7. The minimum Gasteiger partial charge on any atom is -0.481 e. The van der Waals surface area contributed by atoms with Gasteiger partial charge in [-0.05, 0) is 68.7 Å². The van der Waals surface area contributed by atoms with Crippen molar-refractivity contribution in [3.63, 3.8) is 0 Å². The molecule has 0 saturated heterocycles. The summed E-state index contributed by atoms with van der Waals surface area (Å²) in [5, 5.41) is 15.1. The summed E-state index contributed by atoms with van der Waals surface area (Å²) >= 11 is 1.61. The molecule has 0 spiro atoms. The van der Waals surface area contributed by atoms with Crippen molar-refractivity contribution in [3.05, 3.63) is 88.7 Å².